The van der Waals surface area contributed by atoms with Crippen LogP contribution in [-0.4, -0.2) is 68.9 Å². The zero-order chi connectivity index (χ0) is 21.5. The number of hydrogen-bond donors (Lipinski definition) is 1. The number of anilines is 1. The Hall–Kier alpha value is -2.07. The molecule has 2 fully saturated rings. The van der Waals surface area contributed by atoms with Crippen molar-refractivity contribution in [3.8, 4) is 5.75 Å². The number of hydrogen-bond acceptors (Lipinski definition) is 5. The van der Waals surface area contributed by atoms with Crippen LogP contribution in [-0.2, 0) is 11.3 Å². The molecule has 1 N–H and O–H groups in total. The van der Waals surface area contributed by atoms with Crippen molar-refractivity contribution >= 4 is 35.8 Å². The monoisotopic (exact) mass is 551 g/mol. The van der Waals surface area contributed by atoms with E-state index in [-0.39, 0.29) is 24.0 Å². The van der Waals surface area contributed by atoms with Gasteiger partial charge in [-0.15, -0.1) is 24.0 Å². The maximum absolute atomic E-state index is 5.50. The molecule has 2 aliphatic rings. The zero-order valence-corrected chi connectivity index (χ0v) is 21.3. The summed E-state index contributed by atoms with van der Waals surface area (Å²) in [7, 11) is 1.71. The van der Waals surface area contributed by atoms with E-state index in [9.17, 15) is 0 Å². The molecule has 2 aliphatic heterocycles. The normalized spacial score (nSPS) is 18.9. The fourth-order valence-corrected chi connectivity index (χ4v) is 4.30. The number of guanidine groups is 1. The van der Waals surface area contributed by atoms with Crippen molar-refractivity contribution in [3.63, 3.8) is 0 Å². The lowest BCUT2D eigenvalue weighted by molar-refractivity contribution is 0.122. The molecule has 1 unspecified atom stereocenters. The predicted molar refractivity (Wildman–Crippen MR) is 139 cm³/mol. The number of rotatable bonds is 6. The molecular weight excluding hydrogens is 517 g/mol. The number of benzene rings is 1. The molecule has 174 valence electrons. The maximum Gasteiger partial charge on any atom is 0.194 e. The highest BCUT2D eigenvalue weighted by atomic mass is 127. The second kappa shape index (κ2) is 12.2. The van der Waals surface area contributed by atoms with Crippen LogP contribution in [0.1, 0.15) is 30.4 Å². The maximum atomic E-state index is 5.50. The molecule has 3 heterocycles. The summed E-state index contributed by atoms with van der Waals surface area (Å²) in [4.78, 5) is 14.3. The summed E-state index contributed by atoms with van der Waals surface area (Å²) in [5, 5.41) is 3.49. The number of aliphatic imine (C=N–C) groups is 1. The van der Waals surface area contributed by atoms with Crippen LogP contribution in [0.15, 0.2) is 47.6 Å². The third kappa shape index (κ3) is 6.04. The van der Waals surface area contributed by atoms with E-state index in [1.165, 1.54) is 5.56 Å². The molecule has 0 saturated carbocycles. The summed E-state index contributed by atoms with van der Waals surface area (Å²) in [5.74, 6) is 3.43. The first-order chi connectivity index (χ1) is 15.3. The van der Waals surface area contributed by atoms with Crippen molar-refractivity contribution in [1.82, 2.24) is 15.2 Å². The quantitative estimate of drug-likeness (QED) is 0.337. The van der Waals surface area contributed by atoms with E-state index in [0.29, 0.717) is 12.5 Å². The summed E-state index contributed by atoms with van der Waals surface area (Å²) in [5.41, 5.74) is 2.52. The zero-order valence-electron chi connectivity index (χ0n) is 19.0. The van der Waals surface area contributed by atoms with Gasteiger partial charge in [0, 0.05) is 50.4 Å². The van der Waals surface area contributed by atoms with E-state index < -0.39 is 0 Å². The number of ether oxygens (including phenoxy) is 2. The van der Waals surface area contributed by atoms with Crippen molar-refractivity contribution in [2.24, 2.45) is 4.99 Å². The lowest BCUT2D eigenvalue weighted by atomic mass is 9.98. The molecule has 1 atom stereocenters. The smallest absolute Gasteiger partial charge is 0.194 e. The van der Waals surface area contributed by atoms with Gasteiger partial charge in [-0.05, 0) is 37.1 Å². The van der Waals surface area contributed by atoms with E-state index in [2.05, 4.69) is 45.2 Å². The van der Waals surface area contributed by atoms with Crippen LogP contribution in [0.2, 0.25) is 0 Å². The van der Waals surface area contributed by atoms with Gasteiger partial charge in [0.1, 0.15) is 11.6 Å². The average molecular weight is 551 g/mol. The third-order valence-electron chi connectivity index (χ3n) is 5.99. The highest BCUT2D eigenvalue weighted by Crippen LogP contribution is 2.28. The Morgan fingerprint density at radius 2 is 1.97 bits per heavy atom. The Morgan fingerprint density at radius 3 is 2.69 bits per heavy atom. The largest absolute Gasteiger partial charge is 0.497 e. The van der Waals surface area contributed by atoms with Gasteiger partial charge >= 0.3 is 0 Å². The Balaban J connectivity index is 0.00000289. The summed E-state index contributed by atoms with van der Waals surface area (Å²) >= 11 is 0. The number of pyridine rings is 1. The van der Waals surface area contributed by atoms with Crippen LogP contribution in [0.25, 0.3) is 0 Å². The molecule has 0 bridgehead atoms. The molecule has 0 aliphatic carbocycles. The highest BCUT2D eigenvalue weighted by Gasteiger charge is 2.26. The molecule has 1 aromatic carbocycles. The first-order valence-electron chi connectivity index (χ1n) is 11.2. The van der Waals surface area contributed by atoms with Crippen LogP contribution >= 0.6 is 24.0 Å². The average Bonchev–Trinajstić information content (AvgIpc) is 3.33. The molecule has 0 radical (unpaired) electrons. The Morgan fingerprint density at radius 1 is 1.19 bits per heavy atom. The van der Waals surface area contributed by atoms with Crippen LogP contribution in [0.5, 0.6) is 5.75 Å². The van der Waals surface area contributed by atoms with Gasteiger partial charge < -0.3 is 24.6 Å². The molecule has 0 amide bonds. The number of likely N-dealkylation sites (tertiary alicyclic amines) is 1. The van der Waals surface area contributed by atoms with E-state index >= 15 is 0 Å². The molecule has 1 aromatic heterocycles. The third-order valence-corrected chi connectivity index (χ3v) is 5.99. The number of halogens is 1. The molecule has 0 spiro atoms. The highest BCUT2D eigenvalue weighted by molar-refractivity contribution is 14.0. The standard InChI is InChI=1S/C24H33N5O2.HI/c1-3-25-24(29-12-10-21(18-29)19-6-8-22(30-2)9-7-19)27-17-20-5-4-11-26-23(20)28-13-15-31-16-14-28;/h4-9,11,21H,3,10,12-18H2,1-2H3,(H,25,27);1H. The van der Waals surface area contributed by atoms with Crippen LogP contribution < -0.4 is 15.0 Å². The summed E-state index contributed by atoms with van der Waals surface area (Å²) in [6.45, 7) is 8.83. The van der Waals surface area contributed by atoms with Crippen molar-refractivity contribution in [3.05, 3.63) is 53.7 Å². The van der Waals surface area contributed by atoms with Crippen LogP contribution in [0, 0.1) is 0 Å². The van der Waals surface area contributed by atoms with Gasteiger partial charge in [0.25, 0.3) is 0 Å². The fourth-order valence-electron chi connectivity index (χ4n) is 4.30. The van der Waals surface area contributed by atoms with E-state index in [1.807, 2.05) is 24.4 Å². The minimum Gasteiger partial charge on any atom is -0.497 e. The second-order valence-electron chi connectivity index (χ2n) is 7.96. The van der Waals surface area contributed by atoms with Crippen LogP contribution in [0.4, 0.5) is 5.82 Å². The lowest BCUT2D eigenvalue weighted by Gasteiger charge is -2.29. The first kappa shape index (κ1) is 24.6. The molecule has 2 saturated heterocycles. The van der Waals surface area contributed by atoms with E-state index in [1.54, 1.807) is 7.11 Å². The Kier molecular flexibility index (Phi) is 9.40. The van der Waals surface area contributed by atoms with Crippen molar-refractivity contribution in [2.75, 3.05) is 57.9 Å². The van der Waals surface area contributed by atoms with E-state index in [4.69, 9.17) is 14.5 Å². The number of methoxy groups -OCH3 is 1. The molecule has 8 heteroatoms. The van der Waals surface area contributed by atoms with Crippen molar-refractivity contribution < 1.29 is 9.47 Å². The Bertz CT molecular complexity index is 871. The minimum absolute atomic E-state index is 0. The first-order valence-corrected chi connectivity index (χ1v) is 11.2. The van der Waals surface area contributed by atoms with E-state index in [0.717, 1.165) is 75.4 Å². The molecule has 4 rings (SSSR count). The van der Waals surface area contributed by atoms with Gasteiger partial charge in [0.2, 0.25) is 0 Å². The molecule has 7 nitrogen and oxygen atoms in total. The number of aromatic nitrogens is 1. The van der Waals surface area contributed by atoms with Crippen molar-refractivity contribution in [2.45, 2.75) is 25.8 Å². The Labute approximate surface area is 208 Å². The summed E-state index contributed by atoms with van der Waals surface area (Å²) in [6.07, 6.45) is 2.99. The summed E-state index contributed by atoms with van der Waals surface area (Å²) in [6, 6.07) is 12.6. The molecular formula is C24H34IN5O2. The van der Waals surface area contributed by atoms with Crippen molar-refractivity contribution in [1.29, 1.82) is 0 Å². The van der Waals surface area contributed by atoms with Gasteiger partial charge in [0.05, 0.1) is 26.9 Å². The number of nitrogens with zero attached hydrogens (tertiary/aromatic N) is 4. The predicted octanol–water partition coefficient (Wildman–Crippen LogP) is 3.50. The van der Waals surface area contributed by atoms with Gasteiger partial charge in [-0.2, -0.15) is 0 Å². The number of morpholine rings is 1. The van der Waals surface area contributed by atoms with Gasteiger partial charge in [-0.3, -0.25) is 0 Å². The minimum atomic E-state index is 0. The van der Waals surface area contributed by atoms with Gasteiger partial charge in [0.15, 0.2) is 5.96 Å². The fraction of sp³-hybridized carbons (Fsp3) is 0.500. The SMILES string of the molecule is CCNC(=NCc1cccnc1N1CCOCC1)N1CCC(c2ccc(OC)cc2)C1.I. The molecule has 32 heavy (non-hydrogen) atoms. The summed E-state index contributed by atoms with van der Waals surface area (Å²) < 4.78 is 10.8. The van der Waals surface area contributed by atoms with Crippen LogP contribution in [0.3, 0.4) is 0 Å². The molecule has 2 aromatic rings. The van der Waals surface area contributed by atoms with Gasteiger partial charge in [-0.1, -0.05) is 18.2 Å². The lowest BCUT2D eigenvalue weighted by Crippen LogP contribution is -2.40. The van der Waals surface area contributed by atoms with Gasteiger partial charge in [-0.25, -0.2) is 9.98 Å². The number of nitrogens with one attached hydrogen (secondary N) is 1. The second-order valence-corrected chi connectivity index (χ2v) is 7.96. The topological polar surface area (TPSA) is 62.2 Å².